The number of rotatable bonds is 8. The van der Waals surface area contributed by atoms with Gasteiger partial charge in [0.15, 0.2) is 0 Å². The summed E-state index contributed by atoms with van der Waals surface area (Å²) in [4.78, 5) is 11.6. The van der Waals surface area contributed by atoms with Crippen LogP contribution in [-0.2, 0) is 0 Å². The maximum Gasteiger partial charge on any atom is 0.269 e. The second kappa shape index (κ2) is 8.01. The molecule has 0 aliphatic carbocycles. The van der Waals surface area contributed by atoms with Crippen LogP contribution in [0.3, 0.4) is 0 Å². The van der Waals surface area contributed by atoms with Gasteiger partial charge in [-0.1, -0.05) is 0 Å². The van der Waals surface area contributed by atoms with E-state index in [2.05, 4.69) is 0 Å². The van der Waals surface area contributed by atoms with Crippen molar-refractivity contribution in [3.8, 4) is 0 Å². The van der Waals surface area contributed by atoms with Crippen LogP contribution in [0.25, 0.3) is 0 Å². The molecule has 124 valence electrons. The highest BCUT2D eigenvalue weighted by atomic mass is 16.6. The Morgan fingerprint density at radius 3 is 2.05 bits per heavy atom. The van der Waals surface area contributed by atoms with Crippen LogP contribution >= 0.6 is 0 Å². The number of benzene rings is 1. The lowest BCUT2D eigenvalue weighted by atomic mass is 10.0. The number of non-ortho nitro benzene ring substituents is 1. The van der Waals surface area contributed by atoms with E-state index < -0.39 is 35.9 Å². The van der Waals surface area contributed by atoms with Crippen molar-refractivity contribution < 1.29 is 30.5 Å². The molecule has 1 aromatic carbocycles. The van der Waals surface area contributed by atoms with E-state index in [1.165, 1.54) is 29.2 Å². The summed E-state index contributed by atoms with van der Waals surface area (Å²) in [5.41, 5.74) is 0.494. The molecule has 0 spiro atoms. The molecule has 1 aromatic rings. The average Bonchev–Trinajstić information content (AvgIpc) is 2.52. The molecule has 0 heterocycles. The molecule has 0 bridgehead atoms. The lowest BCUT2D eigenvalue weighted by molar-refractivity contribution is -0.384. The summed E-state index contributed by atoms with van der Waals surface area (Å²) in [6, 6.07) is 5.57. The Hall–Kier alpha value is -1.78. The van der Waals surface area contributed by atoms with E-state index in [4.69, 9.17) is 5.11 Å². The summed E-state index contributed by atoms with van der Waals surface area (Å²) < 4.78 is 0. The molecule has 0 radical (unpaired) electrons. The third-order valence-corrected chi connectivity index (χ3v) is 3.29. The van der Waals surface area contributed by atoms with Crippen molar-refractivity contribution >= 4 is 11.4 Å². The number of likely N-dealkylation sites (N-methyl/N-ethyl adjacent to an activating group) is 1. The predicted molar refractivity (Wildman–Crippen MR) is 77.5 cm³/mol. The van der Waals surface area contributed by atoms with Gasteiger partial charge in [-0.05, 0) is 12.1 Å². The maximum absolute atomic E-state index is 10.6. The molecule has 9 nitrogen and oxygen atoms in total. The van der Waals surface area contributed by atoms with Gasteiger partial charge in [0.05, 0.1) is 17.6 Å². The van der Waals surface area contributed by atoms with Crippen molar-refractivity contribution in [3.05, 3.63) is 34.4 Å². The number of nitrogens with zero attached hydrogens (tertiary/aromatic N) is 2. The topological polar surface area (TPSA) is 148 Å². The minimum atomic E-state index is -1.69. The Balaban J connectivity index is 2.66. The molecule has 9 heteroatoms. The summed E-state index contributed by atoms with van der Waals surface area (Å²) in [7, 11) is 1.59. The van der Waals surface area contributed by atoms with Crippen LogP contribution in [0.5, 0.6) is 0 Å². The predicted octanol–water partition coefficient (Wildman–Crippen LogP) is -1.53. The highest BCUT2D eigenvalue weighted by molar-refractivity contribution is 5.50. The highest BCUT2D eigenvalue weighted by Crippen LogP contribution is 2.19. The van der Waals surface area contributed by atoms with Crippen molar-refractivity contribution in [1.29, 1.82) is 0 Å². The number of nitro benzene ring substituents is 1. The first kappa shape index (κ1) is 18.3. The third kappa shape index (κ3) is 4.61. The van der Waals surface area contributed by atoms with Gasteiger partial charge in [0, 0.05) is 31.4 Å². The summed E-state index contributed by atoms with van der Waals surface area (Å²) in [5, 5.41) is 57.6. The van der Waals surface area contributed by atoms with E-state index >= 15 is 0 Å². The molecule has 0 aliphatic rings. The standard InChI is InChI=1S/C13H20N2O7/c1-14(8-2-4-9(5-3-8)15(21)22)6-10(17)12(19)13(20)11(18)7-16/h2-5,10-13,16-20H,6-7H2,1H3. The first-order valence-electron chi connectivity index (χ1n) is 6.56. The number of aliphatic hydroxyl groups is 5. The van der Waals surface area contributed by atoms with Gasteiger partial charge in [0.25, 0.3) is 5.69 Å². The molecule has 0 amide bonds. The number of hydrogen-bond acceptors (Lipinski definition) is 8. The lowest BCUT2D eigenvalue weighted by Gasteiger charge is -2.29. The number of nitro groups is 1. The fraction of sp³-hybridized carbons (Fsp3) is 0.538. The van der Waals surface area contributed by atoms with Crippen LogP contribution < -0.4 is 4.90 Å². The second-order valence-corrected chi connectivity index (χ2v) is 4.95. The van der Waals surface area contributed by atoms with Gasteiger partial charge < -0.3 is 30.4 Å². The van der Waals surface area contributed by atoms with Crippen LogP contribution in [0.4, 0.5) is 11.4 Å². The Morgan fingerprint density at radius 1 is 1.09 bits per heavy atom. The van der Waals surface area contributed by atoms with E-state index in [1.807, 2.05) is 0 Å². The van der Waals surface area contributed by atoms with Crippen molar-refractivity contribution in [2.45, 2.75) is 24.4 Å². The van der Waals surface area contributed by atoms with Crippen molar-refractivity contribution in [3.63, 3.8) is 0 Å². The van der Waals surface area contributed by atoms with Gasteiger partial charge in [0.2, 0.25) is 0 Å². The van der Waals surface area contributed by atoms with E-state index in [9.17, 15) is 30.5 Å². The largest absolute Gasteiger partial charge is 0.394 e. The smallest absolute Gasteiger partial charge is 0.269 e. The van der Waals surface area contributed by atoms with Crippen molar-refractivity contribution in [2.24, 2.45) is 0 Å². The SMILES string of the molecule is CN(CC(O)C(O)C(O)C(O)CO)c1ccc([N+](=O)[O-])cc1. The minimum absolute atomic E-state index is 0.0702. The van der Waals surface area contributed by atoms with Crippen LogP contribution in [-0.4, -0.2) is 75.1 Å². The van der Waals surface area contributed by atoms with Crippen LogP contribution in [0.15, 0.2) is 24.3 Å². The van der Waals surface area contributed by atoms with E-state index in [0.29, 0.717) is 5.69 Å². The zero-order chi connectivity index (χ0) is 16.9. The van der Waals surface area contributed by atoms with Gasteiger partial charge in [0.1, 0.15) is 18.3 Å². The van der Waals surface area contributed by atoms with Crippen molar-refractivity contribution in [1.82, 2.24) is 0 Å². The second-order valence-electron chi connectivity index (χ2n) is 4.95. The van der Waals surface area contributed by atoms with Gasteiger partial charge in [-0.3, -0.25) is 10.1 Å². The van der Waals surface area contributed by atoms with Gasteiger partial charge in [-0.2, -0.15) is 0 Å². The molecular weight excluding hydrogens is 296 g/mol. The van der Waals surface area contributed by atoms with E-state index in [0.717, 1.165) is 0 Å². The molecule has 0 fully saturated rings. The molecule has 0 aliphatic heterocycles. The van der Waals surface area contributed by atoms with Gasteiger partial charge in [-0.25, -0.2) is 0 Å². The molecule has 4 unspecified atom stereocenters. The Bertz CT molecular complexity index is 482. The molecule has 1 rings (SSSR count). The summed E-state index contributed by atoms with van der Waals surface area (Å²) in [6.45, 7) is -0.836. The van der Waals surface area contributed by atoms with Crippen LogP contribution in [0.1, 0.15) is 0 Å². The normalized spacial score (nSPS) is 16.6. The fourth-order valence-electron chi connectivity index (χ4n) is 1.89. The molecule has 22 heavy (non-hydrogen) atoms. The highest BCUT2D eigenvalue weighted by Gasteiger charge is 2.30. The first-order chi connectivity index (χ1) is 10.3. The van der Waals surface area contributed by atoms with Crippen LogP contribution in [0.2, 0.25) is 0 Å². The maximum atomic E-state index is 10.6. The molecule has 0 saturated heterocycles. The molecule has 0 saturated carbocycles. The van der Waals surface area contributed by atoms with Gasteiger partial charge in [-0.15, -0.1) is 0 Å². The molecule has 5 N–H and O–H groups in total. The quantitative estimate of drug-likeness (QED) is 0.286. The number of hydrogen-bond donors (Lipinski definition) is 5. The monoisotopic (exact) mass is 316 g/mol. The van der Waals surface area contributed by atoms with Gasteiger partial charge >= 0.3 is 0 Å². The lowest BCUT2D eigenvalue weighted by Crippen LogP contribution is -2.49. The molecular formula is C13H20N2O7. The van der Waals surface area contributed by atoms with Crippen molar-refractivity contribution in [2.75, 3.05) is 25.1 Å². The number of aliphatic hydroxyl groups excluding tert-OH is 5. The Morgan fingerprint density at radius 2 is 1.59 bits per heavy atom. The van der Waals surface area contributed by atoms with E-state index in [-0.39, 0.29) is 12.2 Å². The molecule has 4 atom stereocenters. The zero-order valence-electron chi connectivity index (χ0n) is 12.0. The van der Waals surface area contributed by atoms with Crippen LogP contribution in [0, 0.1) is 10.1 Å². The fourth-order valence-corrected chi connectivity index (χ4v) is 1.89. The Kier molecular flexibility index (Phi) is 6.65. The Labute approximate surface area is 126 Å². The average molecular weight is 316 g/mol. The summed E-state index contributed by atoms with van der Waals surface area (Å²) in [6.07, 6.45) is -6.29. The number of anilines is 1. The summed E-state index contributed by atoms with van der Waals surface area (Å²) >= 11 is 0. The minimum Gasteiger partial charge on any atom is -0.394 e. The van der Waals surface area contributed by atoms with E-state index in [1.54, 1.807) is 7.05 Å². The zero-order valence-corrected chi connectivity index (χ0v) is 12.0. The summed E-state index contributed by atoms with van der Waals surface area (Å²) in [5.74, 6) is 0. The molecule has 0 aromatic heterocycles. The third-order valence-electron chi connectivity index (χ3n) is 3.29. The first-order valence-corrected chi connectivity index (χ1v) is 6.56.